The number of hydrogen-bond donors (Lipinski definition) is 1. The maximum atomic E-state index is 12.9. The molecule has 1 aliphatic carbocycles. The maximum absolute atomic E-state index is 12.9. The summed E-state index contributed by atoms with van der Waals surface area (Å²) < 4.78 is 1.75. The molecule has 6 nitrogen and oxygen atoms in total. The Hall–Kier alpha value is -3.72. The van der Waals surface area contributed by atoms with Crippen molar-refractivity contribution >= 4 is 12.0 Å². The lowest BCUT2D eigenvalue weighted by molar-refractivity contribution is -0.118. The predicted molar refractivity (Wildman–Crippen MR) is 120 cm³/mol. The van der Waals surface area contributed by atoms with Gasteiger partial charge >= 0.3 is 0 Å². The molecule has 31 heavy (non-hydrogen) atoms. The fourth-order valence-electron chi connectivity index (χ4n) is 4.01. The first kappa shape index (κ1) is 20.5. The summed E-state index contributed by atoms with van der Waals surface area (Å²) in [6.45, 7) is 2.16. The zero-order valence-electron chi connectivity index (χ0n) is 17.5. The first-order chi connectivity index (χ1) is 15.2. The van der Waals surface area contributed by atoms with Crippen molar-refractivity contribution in [2.45, 2.75) is 38.6 Å². The lowest BCUT2D eigenvalue weighted by Crippen LogP contribution is -2.41. The van der Waals surface area contributed by atoms with Crippen molar-refractivity contribution in [2.75, 3.05) is 0 Å². The molecule has 0 bridgehead atoms. The normalized spacial score (nSPS) is 18.9. The summed E-state index contributed by atoms with van der Waals surface area (Å²) in [5.41, 5.74) is 3.16. The van der Waals surface area contributed by atoms with Gasteiger partial charge in [0.25, 0.3) is 5.91 Å². The number of carbonyl (C=O) groups excluding carboxylic acids is 1. The van der Waals surface area contributed by atoms with Crippen LogP contribution < -0.4 is 5.32 Å². The number of amides is 1. The Labute approximate surface area is 182 Å². The van der Waals surface area contributed by atoms with E-state index in [0.29, 0.717) is 17.2 Å². The van der Waals surface area contributed by atoms with Gasteiger partial charge < -0.3 is 5.32 Å². The van der Waals surface area contributed by atoms with E-state index in [1.165, 1.54) is 6.42 Å². The molecular formula is C25H25N5O. The van der Waals surface area contributed by atoms with Crippen molar-refractivity contribution in [1.29, 1.82) is 5.26 Å². The average molecular weight is 412 g/mol. The van der Waals surface area contributed by atoms with E-state index in [-0.39, 0.29) is 17.5 Å². The molecule has 1 aromatic carbocycles. The number of aromatic nitrogens is 3. The molecule has 156 valence electrons. The minimum Gasteiger partial charge on any atom is -0.348 e. The van der Waals surface area contributed by atoms with Crippen LogP contribution in [0.15, 0.2) is 66.6 Å². The summed E-state index contributed by atoms with van der Waals surface area (Å²) in [6, 6.07) is 15.7. The van der Waals surface area contributed by atoms with Crippen molar-refractivity contribution < 1.29 is 4.79 Å². The molecular weight excluding hydrogens is 386 g/mol. The van der Waals surface area contributed by atoms with Gasteiger partial charge in [0.05, 0.1) is 5.69 Å². The van der Waals surface area contributed by atoms with Crippen LogP contribution in [0.25, 0.3) is 23.0 Å². The predicted octanol–water partition coefficient (Wildman–Crippen LogP) is 4.54. The van der Waals surface area contributed by atoms with Gasteiger partial charge in [0, 0.05) is 35.8 Å². The van der Waals surface area contributed by atoms with E-state index in [0.717, 1.165) is 30.5 Å². The fourth-order valence-corrected chi connectivity index (χ4v) is 4.01. The quantitative estimate of drug-likeness (QED) is 0.494. The number of nitrogens with zero attached hydrogens (tertiary/aromatic N) is 4. The molecule has 1 aliphatic rings. The van der Waals surface area contributed by atoms with E-state index in [2.05, 4.69) is 23.3 Å². The molecule has 0 radical (unpaired) electrons. The van der Waals surface area contributed by atoms with Gasteiger partial charge in [-0.25, -0.2) is 4.68 Å². The summed E-state index contributed by atoms with van der Waals surface area (Å²) in [7, 11) is 0. The summed E-state index contributed by atoms with van der Waals surface area (Å²) in [4.78, 5) is 17.1. The molecule has 2 atom stereocenters. The molecule has 2 heterocycles. The van der Waals surface area contributed by atoms with Crippen LogP contribution in [0, 0.1) is 17.2 Å². The van der Waals surface area contributed by atoms with E-state index < -0.39 is 0 Å². The Morgan fingerprint density at radius 2 is 2.00 bits per heavy atom. The second-order valence-electron chi connectivity index (χ2n) is 7.97. The first-order valence-corrected chi connectivity index (χ1v) is 10.6. The lowest BCUT2D eigenvalue weighted by atomic mass is 9.86. The summed E-state index contributed by atoms with van der Waals surface area (Å²) in [5, 5.41) is 17.5. The molecule has 1 fully saturated rings. The van der Waals surface area contributed by atoms with Gasteiger partial charge in [0.1, 0.15) is 17.3 Å². The molecule has 4 rings (SSSR count). The highest BCUT2D eigenvalue weighted by Crippen LogP contribution is 2.26. The van der Waals surface area contributed by atoms with Crippen molar-refractivity contribution in [3.05, 3.63) is 72.2 Å². The van der Waals surface area contributed by atoms with Gasteiger partial charge in [-0.3, -0.25) is 9.78 Å². The number of para-hydroxylation sites is 1. The maximum Gasteiger partial charge on any atom is 0.262 e. The minimum absolute atomic E-state index is 0.0792. The number of nitriles is 1. The lowest BCUT2D eigenvalue weighted by Gasteiger charge is -2.29. The molecule has 6 heteroatoms. The third-order valence-corrected chi connectivity index (χ3v) is 5.79. The zero-order valence-corrected chi connectivity index (χ0v) is 17.5. The molecule has 0 spiro atoms. The van der Waals surface area contributed by atoms with Gasteiger partial charge in [-0.05, 0) is 49.1 Å². The molecule has 1 amide bonds. The molecule has 1 saturated carbocycles. The van der Waals surface area contributed by atoms with E-state index in [1.54, 1.807) is 23.2 Å². The number of nitrogens with one attached hydrogen (secondary N) is 1. The SMILES string of the molecule is C[C@H]1CCCC[C@@H]1NC(=O)/C(C#N)=C/c1cn(-c2ccccc2)nc1-c1cccnc1. The Balaban J connectivity index is 1.69. The summed E-state index contributed by atoms with van der Waals surface area (Å²) >= 11 is 0. The fraction of sp³-hybridized carbons (Fsp3) is 0.280. The van der Waals surface area contributed by atoms with Crippen LogP contribution in [0.5, 0.6) is 0 Å². The van der Waals surface area contributed by atoms with Crippen LogP contribution in [0.3, 0.4) is 0 Å². The van der Waals surface area contributed by atoms with Crippen LogP contribution in [-0.4, -0.2) is 26.7 Å². The van der Waals surface area contributed by atoms with E-state index in [1.807, 2.05) is 48.7 Å². The summed E-state index contributed by atoms with van der Waals surface area (Å²) in [5.74, 6) is 0.0928. The van der Waals surface area contributed by atoms with E-state index >= 15 is 0 Å². The number of pyridine rings is 1. The second-order valence-corrected chi connectivity index (χ2v) is 7.97. The van der Waals surface area contributed by atoms with Gasteiger partial charge in [0.15, 0.2) is 0 Å². The van der Waals surface area contributed by atoms with E-state index in [9.17, 15) is 10.1 Å². The van der Waals surface area contributed by atoms with Crippen LogP contribution in [0.2, 0.25) is 0 Å². The van der Waals surface area contributed by atoms with Gasteiger partial charge in [-0.15, -0.1) is 0 Å². The van der Waals surface area contributed by atoms with E-state index in [4.69, 9.17) is 5.10 Å². The third-order valence-electron chi connectivity index (χ3n) is 5.79. The smallest absolute Gasteiger partial charge is 0.262 e. The number of hydrogen-bond acceptors (Lipinski definition) is 4. The van der Waals surface area contributed by atoms with Crippen LogP contribution in [0.1, 0.15) is 38.2 Å². The molecule has 0 aliphatic heterocycles. The largest absolute Gasteiger partial charge is 0.348 e. The third kappa shape index (κ3) is 4.72. The van der Waals surface area contributed by atoms with Crippen molar-refractivity contribution in [1.82, 2.24) is 20.1 Å². The highest BCUT2D eigenvalue weighted by Gasteiger charge is 2.24. The Bertz CT molecular complexity index is 1110. The standard InChI is InChI=1S/C25H25N5O/c1-18-8-5-6-12-23(18)28-25(31)20(15-26)14-21-17-30(22-10-3-2-4-11-22)29-24(21)19-9-7-13-27-16-19/h2-4,7,9-11,13-14,16-18,23H,5-6,8,12H2,1H3,(H,28,31)/b20-14+/t18-,23-/m0/s1. The highest BCUT2D eigenvalue weighted by atomic mass is 16.1. The zero-order chi connectivity index (χ0) is 21.6. The number of carbonyl (C=O) groups is 1. The Morgan fingerprint density at radius 3 is 2.71 bits per heavy atom. The molecule has 1 N–H and O–H groups in total. The van der Waals surface area contributed by atoms with Crippen LogP contribution in [-0.2, 0) is 4.79 Å². The highest BCUT2D eigenvalue weighted by molar-refractivity contribution is 6.02. The average Bonchev–Trinajstić information content (AvgIpc) is 3.24. The van der Waals surface area contributed by atoms with Crippen molar-refractivity contribution in [3.63, 3.8) is 0 Å². The molecule has 0 unspecified atom stereocenters. The topological polar surface area (TPSA) is 83.6 Å². The molecule has 3 aromatic rings. The minimum atomic E-state index is -0.328. The first-order valence-electron chi connectivity index (χ1n) is 10.6. The number of rotatable bonds is 5. The Kier molecular flexibility index (Phi) is 6.23. The number of benzene rings is 1. The Morgan fingerprint density at radius 1 is 1.19 bits per heavy atom. The second kappa shape index (κ2) is 9.40. The van der Waals surface area contributed by atoms with Crippen molar-refractivity contribution in [2.24, 2.45) is 5.92 Å². The van der Waals surface area contributed by atoms with Gasteiger partial charge in [-0.2, -0.15) is 10.4 Å². The van der Waals surface area contributed by atoms with Crippen LogP contribution in [0.4, 0.5) is 0 Å². The van der Waals surface area contributed by atoms with Crippen molar-refractivity contribution in [3.8, 4) is 23.0 Å². The van der Waals surface area contributed by atoms with Crippen LogP contribution >= 0.6 is 0 Å². The molecule has 2 aromatic heterocycles. The monoisotopic (exact) mass is 411 g/mol. The molecule has 0 saturated heterocycles. The van der Waals surface area contributed by atoms with Gasteiger partial charge in [-0.1, -0.05) is 38.0 Å². The summed E-state index contributed by atoms with van der Waals surface area (Å²) in [6.07, 6.45) is 11.3. The van der Waals surface area contributed by atoms with Gasteiger partial charge in [0.2, 0.25) is 0 Å².